The Morgan fingerprint density at radius 1 is 0.328 bits per heavy atom. The van der Waals surface area contributed by atoms with Crippen molar-refractivity contribution in [2.75, 3.05) is 0 Å². The molecule has 0 saturated carbocycles. The normalized spacial score (nSPS) is 11.9. The highest BCUT2D eigenvalue weighted by atomic mass is 16.1. The van der Waals surface area contributed by atoms with Crippen LogP contribution in [0, 0.1) is 0 Å². The van der Waals surface area contributed by atoms with Crippen LogP contribution in [0.15, 0.2) is 211 Å². The van der Waals surface area contributed by atoms with Crippen LogP contribution >= 0.6 is 0 Å². The molecule has 0 bridgehead atoms. The molecule has 0 aliphatic heterocycles. The minimum atomic E-state index is -0.0492. The summed E-state index contributed by atoms with van der Waals surface area (Å²) in [6.45, 7) is 0. The van der Waals surface area contributed by atoms with E-state index in [1.54, 1.807) is 0 Å². The molecule has 0 spiro atoms. The van der Waals surface area contributed by atoms with Crippen molar-refractivity contribution in [1.29, 1.82) is 0 Å². The van der Waals surface area contributed by atoms with Crippen molar-refractivity contribution in [2.45, 2.75) is 0 Å². The Labute approximate surface area is 333 Å². The van der Waals surface area contributed by atoms with Gasteiger partial charge in [0.05, 0.1) is 44.3 Å². The van der Waals surface area contributed by atoms with E-state index in [9.17, 15) is 4.79 Å². The van der Waals surface area contributed by atoms with E-state index in [1.165, 1.54) is 38.1 Å². The Morgan fingerprint density at radius 3 is 1.38 bits per heavy atom. The molecule has 12 aromatic rings. The standard InChI is InChI=1S/C53H34N4O/c58-53-42-24-12-13-25-45(42)54-34-50(51(35-16-4-1-5-17-35)52(54)56(53)39-20-8-3-9-21-39)57-47-27-15-11-23-41(47)44-33-37(29-31-49(44)57)36-28-30-48-43(32-36)40-22-10-14-26-46(40)55(48)38-18-6-2-7-19-38/h1-34H. The zero-order valence-corrected chi connectivity index (χ0v) is 31.3. The lowest BCUT2D eigenvalue weighted by Gasteiger charge is -2.15. The van der Waals surface area contributed by atoms with Crippen molar-refractivity contribution in [3.05, 3.63) is 217 Å². The van der Waals surface area contributed by atoms with Gasteiger partial charge in [-0.05, 0) is 89.5 Å². The highest BCUT2D eigenvalue weighted by Crippen LogP contribution is 2.42. The summed E-state index contributed by atoms with van der Waals surface area (Å²) in [4.78, 5) is 14.6. The predicted octanol–water partition coefficient (Wildman–Crippen LogP) is 12.8. The number of rotatable bonds is 5. The van der Waals surface area contributed by atoms with Crippen molar-refractivity contribution in [2.24, 2.45) is 0 Å². The predicted molar refractivity (Wildman–Crippen MR) is 240 cm³/mol. The maximum Gasteiger partial charge on any atom is 0.266 e. The molecule has 0 radical (unpaired) electrons. The second-order valence-electron chi connectivity index (χ2n) is 14.9. The average molecular weight is 743 g/mol. The van der Waals surface area contributed by atoms with Crippen LogP contribution in [0.1, 0.15) is 0 Å². The zero-order chi connectivity index (χ0) is 38.3. The van der Waals surface area contributed by atoms with Gasteiger partial charge in [-0.15, -0.1) is 0 Å². The third kappa shape index (κ3) is 4.68. The van der Waals surface area contributed by atoms with E-state index in [0.29, 0.717) is 5.39 Å². The third-order valence-corrected chi connectivity index (χ3v) is 11.8. The maximum atomic E-state index is 14.6. The lowest BCUT2D eigenvalue weighted by molar-refractivity contribution is 1.00. The minimum absolute atomic E-state index is 0.0492. The molecular weight excluding hydrogens is 709 g/mol. The molecule has 58 heavy (non-hydrogen) atoms. The molecule has 0 amide bonds. The van der Waals surface area contributed by atoms with Crippen LogP contribution in [-0.2, 0) is 0 Å². The van der Waals surface area contributed by atoms with Crippen LogP contribution in [0.4, 0.5) is 0 Å². The van der Waals surface area contributed by atoms with E-state index in [-0.39, 0.29) is 5.56 Å². The molecular formula is C53H34N4O. The SMILES string of the molecule is O=c1c2ccccc2n2cc(-n3c4ccccc4c4cc(-c5ccc6c(c5)c5ccccc5n6-c5ccccc5)ccc43)c(-c3ccccc3)c2n1-c1ccccc1. The van der Waals surface area contributed by atoms with Crippen LogP contribution < -0.4 is 5.56 Å². The molecule has 0 atom stereocenters. The molecule has 5 heteroatoms. The lowest BCUT2D eigenvalue weighted by atomic mass is 10.0. The van der Waals surface area contributed by atoms with E-state index in [2.05, 4.69) is 159 Å². The van der Waals surface area contributed by atoms with E-state index < -0.39 is 0 Å². The Bertz CT molecular complexity index is 3630. The first-order valence-electron chi connectivity index (χ1n) is 19.7. The average Bonchev–Trinajstić information content (AvgIpc) is 3.95. The summed E-state index contributed by atoms with van der Waals surface area (Å²) in [5.41, 5.74) is 13.5. The molecule has 0 saturated heterocycles. The highest BCUT2D eigenvalue weighted by Gasteiger charge is 2.25. The molecule has 4 aromatic heterocycles. The highest BCUT2D eigenvalue weighted by molar-refractivity contribution is 6.13. The molecule has 0 unspecified atom stereocenters. The second kappa shape index (κ2) is 12.6. The number of para-hydroxylation sites is 5. The smallest absolute Gasteiger partial charge is 0.266 e. The van der Waals surface area contributed by atoms with Gasteiger partial charge in [-0.2, -0.15) is 0 Å². The molecule has 272 valence electrons. The van der Waals surface area contributed by atoms with E-state index in [0.717, 1.165) is 55.9 Å². The summed E-state index contributed by atoms with van der Waals surface area (Å²) in [5, 5.41) is 5.46. The van der Waals surface area contributed by atoms with Crippen molar-refractivity contribution in [1.82, 2.24) is 18.1 Å². The summed E-state index contributed by atoms with van der Waals surface area (Å²) in [7, 11) is 0. The third-order valence-electron chi connectivity index (χ3n) is 11.8. The number of hydrogen-bond acceptors (Lipinski definition) is 1. The van der Waals surface area contributed by atoms with Gasteiger partial charge in [0.2, 0.25) is 0 Å². The van der Waals surface area contributed by atoms with Gasteiger partial charge in [0.25, 0.3) is 5.56 Å². The Kier molecular flexibility index (Phi) is 7.01. The topological polar surface area (TPSA) is 36.3 Å². The number of nitrogens with zero attached hydrogens (tertiary/aromatic N) is 4. The van der Waals surface area contributed by atoms with Crippen LogP contribution in [0.25, 0.3) is 99.5 Å². The molecule has 0 aliphatic rings. The van der Waals surface area contributed by atoms with Gasteiger partial charge in [0.15, 0.2) is 0 Å². The van der Waals surface area contributed by atoms with Crippen LogP contribution in [0.3, 0.4) is 0 Å². The zero-order valence-electron chi connectivity index (χ0n) is 31.3. The molecule has 8 aromatic carbocycles. The van der Waals surface area contributed by atoms with Gasteiger partial charge in [0.1, 0.15) is 5.65 Å². The van der Waals surface area contributed by atoms with Gasteiger partial charge in [-0.25, -0.2) is 0 Å². The van der Waals surface area contributed by atoms with Crippen LogP contribution in [0.2, 0.25) is 0 Å². The molecule has 0 aliphatic carbocycles. The molecule has 0 N–H and O–H groups in total. The fourth-order valence-corrected chi connectivity index (χ4v) is 9.26. The Hall–Kier alpha value is -7.89. The lowest BCUT2D eigenvalue weighted by Crippen LogP contribution is -2.21. The summed E-state index contributed by atoms with van der Waals surface area (Å²) >= 11 is 0. The molecule has 4 heterocycles. The van der Waals surface area contributed by atoms with Crippen LogP contribution in [-0.4, -0.2) is 18.1 Å². The first kappa shape index (κ1) is 32.4. The van der Waals surface area contributed by atoms with E-state index >= 15 is 0 Å². The summed E-state index contributed by atoms with van der Waals surface area (Å²) in [6.07, 6.45) is 2.22. The fourth-order valence-electron chi connectivity index (χ4n) is 9.26. The van der Waals surface area contributed by atoms with Crippen molar-refractivity contribution in [3.8, 4) is 39.3 Å². The Morgan fingerprint density at radius 2 is 0.776 bits per heavy atom. The summed E-state index contributed by atoms with van der Waals surface area (Å²) in [6, 6.07) is 70.1. The second-order valence-corrected chi connectivity index (χ2v) is 14.9. The molecule has 12 rings (SSSR count). The first-order chi connectivity index (χ1) is 28.7. The van der Waals surface area contributed by atoms with Crippen LogP contribution in [0.5, 0.6) is 0 Å². The number of hydrogen-bond donors (Lipinski definition) is 0. The number of benzene rings is 8. The quantitative estimate of drug-likeness (QED) is 0.173. The first-order valence-corrected chi connectivity index (χ1v) is 19.7. The van der Waals surface area contributed by atoms with Gasteiger partial charge < -0.3 is 9.13 Å². The Balaban J connectivity index is 1.14. The summed E-state index contributed by atoms with van der Waals surface area (Å²) < 4.78 is 8.83. The van der Waals surface area contributed by atoms with Crippen molar-refractivity contribution >= 4 is 60.2 Å². The van der Waals surface area contributed by atoms with E-state index in [1.807, 2.05) is 65.2 Å². The molecule has 5 nitrogen and oxygen atoms in total. The van der Waals surface area contributed by atoms with Gasteiger partial charge in [0, 0.05) is 39.0 Å². The van der Waals surface area contributed by atoms with E-state index in [4.69, 9.17) is 0 Å². The largest absolute Gasteiger partial charge is 0.309 e. The monoisotopic (exact) mass is 742 g/mol. The van der Waals surface area contributed by atoms with Crippen molar-refractivity contribution < 1.29 is 0 Å². The summed E-state index contributed by atoms with van der Waals surface area (Å²) in [5.74, 6) is 0. The van der Waals surface area contributed by atoms with Gasteiger partial charge in [-0.3, -0.25) is 13.8 Å². The van der Waals surface area contributed by atoms with Crippen molar-refractivity contribution in [3.63, 3.8) is 0 Å². The fraction of sp³-hybridized carbons (Fsp3) is 0. The minimum Gasteiger partial charge on any atom is -0.309 e. The number of aromatic nitrogens is 4. The molecule has 0 fully saturated rings. The van der Waals surface area contributed by atoms with Gasteiger partial charge >= 0.3 is 0 Å². The number of fused-ring (bicyclic) bond motifs is 9. The van der Waals surface area contributed by atoms with Gasteiger partial charge in [-0.1, -0.05) is 127 Å². The maximum absolute atomic E-state index is 14.6.